The van der Waals surface area contributed by atoms with Gasteiger partial charge in [0.1, 0.15) is 24.5 Å². The predicted molar refractivity (Wildman–Crippen MR) is 167 cm³/mol. The number of benzene rings is 2. The fraction of sp³-hybridized carbons (Fsp3) is 0.483. The maximum atomic E-state index is 12.5. The van der Waals surface area contributed by atoms with E-state index in [2.05, 4.69) is 42.9 Å². The number of allylic oxidation sites excluding steroid dienone is 1. The molecule has 0 radical (unpaired) electrons. The zero-order chi connectivity index (χ0) is 28.3. The summed E-state index contributed by atoms with van der Waals surface area (Å²) in [5.41, 5.74) is 2.70. The number of rotatable bonds is 9. The molecule has 2 saturated heterocycles. The van der Waals surface area contributed by atoms with Crippen molar-refractivity contribution in [3.8, 4) is 11.5 Å². The van der Waals surface area contributed by atoms with Crippen LogP contribution >= 0.6 is 18.7 Å². The highest BCUT2D eigenvalue weighted by molar-refractivity contribution is 7.70. The number of hydrogen-bond donors (Lipinski definition) is 3. The molecule has 11 heteroatoms. The van der Waals surface area contributed by atoms with Crippen LogP contribution in [0.2, 0.25) is 0 Å². The van der Waals surface area contributed by atoms with Gasteiger partial charge in [-0.25, -0.2) is 4.99 Å². The van der Waals surface area contributed by atoms with Gasteiger partial charge >= 0.3 is 0 Å². The van der Waals surface area contributed by atoms with Gasteiger partial charge in [-0.3, -0.25) is 0 Å². The molecule has 2 fully saturated rings. The van der Waals surface area contributed by atoms with E-state index in [0.717, 1.165) is 35.9 Å². The van der Waals surface area contributed by atoms with Gasteiger partial charge in [0.05, 0.1) is 30.6 Å². The normalized spacial score (nSPS) is 20.4. The number of nitrogens with one attached hydrogen (secondary N) is 3. The van der Waals surface area contributed by atoms with Crippen LogP contribution < -0.4 is 35.6 Å². The van der Waals surface area contributed by atoms with Crippen LogP contribution in [-0.2, 0) is 4.57 Å². The number of anilines is 3. The Morgan fingerprint density at radius 2 is 1.65 bits per heavy atom. The van der Waals surface area contributed by atoms with E-state index in [9.17, 15) is 4.57 Å². The number of aliphatic imine (C=N–C) groups is 1. The molecule has 9 nitrogen and oxygen atoms in total. The van der Waals surface area contributed by atoms with Crippen LogP contribution in [0.15, 0.2) is 52.2 Å². The number of ether oxygens (including phenoxy) is 2. The van der Waals surface area contributed by atoms with E-state index < -0.39 is 13.4 Å². The lowest BCUT2D eigenvalue weighted by molar-refractivity contribution is 0.208. The summed E-state index contributed by atoms with van der Waals surface area (Å²) in [6, 6.07) is 12.5. The predicted octanol–water partition coefficient (Wildman–Crippen LogP) is 4.91. The summed E-state index contributed by atoms with van der Waals surface area (Å²) in [5.74, 6) is 1.91. The molecule has 216 valence electrons. The van der Waals surface area contributed by atoms with Crippen molar-refractivity contribution in [3.63, 3.8) is 0 Å². The molecular formula is C29H40ClN6O3P. The minimum absolute atomic E-state index is 0.431. The van der Waals surface area contributed by atoms with Gasteiger partial charge in [0.2, 0.25) is 0 Å². The number of methoxy groups -OCH3 is 2. The number of halogens is 1. The van der Waals surface area contributed by atoms with E-state index in [4.69, 9.17) is 21.1 Å². The summed E-state index contributed by atoms with van der Waals surface area (Å²) in [4.78, 5) is 9.63. The maximum absolute atomic E-state index is 12.5. The van der Waals surface area contributed by atoms with E-state index in [-0.39, 0.29) is 0 Å². The lowest BCUT2D eigenvalue weighted by Gasteiger charge is -2.38. The third-order valence-corrected chi connectivity index (χ3v) is 9.70. The highest BCUT2D eigenvalue weighted by atomic mass is 35.5. The van der Waals surface area contributed by atoms with Gasteiger partial charge in [-0.1, -0.05) is 11.6 Å². The van der Waals surface area contributed by atoms with Crippen LogP contribution in [0.5, 0.6) is 11.5 Å². The average Bonchev–Trinajstić information content (AvgIpc) is 3.50. The van der Waals surface area contributed by atoms with Crippen LogP contribution in [0.25, 0.3) is 0 Å². The summed E-state index contributed by atoms with van der Waals surface area (Å²) >= 11 is 6.48. The van der Waals surface area contributed by atoms with Gasteiger partial charge in [-0.15, -0.1) is 0 Å². The van der Waals surface area contributed by atoms with Crippen molar-refractivity contribution in [2.45, 2.75) is 38.0 Å². The Balaban J connectivity index is 1.23. The van der Waals surface area contributed by atoms with Crippen molar-refractivity contribution in [3.05, 3.63) is 47.3 Å². The molecule has 0 aliphatic carbocycles. The van der Waals surface area contributed by atoms with Crippen LogP contribution in [-0.4, -0.2) is 77.2 Å². The van der Waals surface area contributed by atoms with E-state index in [1.165, 1.54) is 44.5 Å². The van der Waals surface area contributed by atoms with Crippen molar-refractivity contribution in [2.75, 3.05) is 69.3 Å². The standard InChI is InChI=1S/C29H40ClN6O3P/c1-38-26-17-21(36-15-11-20(12-16-36)35-13-5-6-14-35)7-9-25(26)33-29-31-19-23(30)28(34-29)32-24-10-8-22(40(3,4)37)18-27(24)39-2/h7-10,17-20,29,32-34H,5-6,11-16H2,1-4H3. The summed E-state index contributed by atoms with van der Waals surface area (Å²) in [6.07, 6.45) is 6.23. The largest absolute Gasteiger partial charge is 0.495 e. The third kappa shape index (κ3) is 6.54. The van der Waals surface area contributed by atoms with Gasteiger partial charge in [0.15, 0.2) is 6.29 Å². The molecule has 40 heavy (non-hydrogen) atoms. The molecule has 0 amide bonds. The molecule has 1 unspecified atom stereocenters. The van der Waals surface area contributed by atoms with Crippen LogP contribution in [0.3, 0.4) is 0 Å². The van der Waals surface area contributed by atoms with Crippen LogP contribution in [0.4, 0.5) is 17.1 Å². The van der Waals surface area contributed by atoms with Crippen LogP contribution in [0, 0.1) is 0 Å². The summed E-state index contributed by atoms with van der Waals surface area (Å²) in [5, 5.41) is 11.2. The van der Waals surface area contributed by atoms with E-state index >= 15 is 0 Å². The molecule has 3 aliphatic rings. The maximum Gasteiger partial charge on any atom is 0.195 e. The Morgan fingerprint density at radius 1 is 0.975 bits per heavy atom. The Bertz CT molecular complexity index is 1310. The van der Waals surface area contributed by atoms with Crippen molar-refractivity contribution >= 4 is 47.3 Å². The quantitative estimate of drug-likeness (QED) is 0.357. The lowest BCUT2D eigenvalue weighted by Crippen LogP contribution is -2.43. The molecule has 5 rings (SSSR count). The minimum Gasteiger partial charge on any atom is -0.495 e. The van der Waals surface area contributed by atoms with Gasteiger partial charge in [0, 0.05) is 42.4 Å². The molecule has 0 aromatic heterocycles. The first-order chi connectivity index (χ1) is 19.2. The van der Waals surface area contributed by atoms with E-state index in [1.54, 1.807) is 39.8 Å². The number of piperidine rings is 1. The van der Waals surface area contributed by atoms with Crippen molar-refractivity contribution in [1.82, 2.24) is 10.2 Å². The van der Waals surface area contributed by atoms with Gasteiger partial charge in [0.25, 0.3) is 0 Å². The van der Waals surface area contributed by atoms with Crippen LogP contribution in [0.1, 0.15) is 25.7 Å². The molecule has 2 aromatic carbocycles. The summed E-state index contributed by atoms with van der Waals surface area (Å²) in [6.45, 7) is 8.11. The van der Waals surface area contributed by atoms with Gasteiger partial charge in [-0.2, -0.15) is 0 Å². The molecular weight excluding hydrogens is 547 g/mol. The minimum atomic E-state index is -2.42. The second-order valence-corrected chi connectivity index (χ2v) is 14.5. The Hall–Kier alpha value is -2.87. The van der Waals surface area contributed by atoms with Gasteiger partial charge < -0.3 is 39.8 Å². The highest BCUT2D eigenvalue weighted by Gasteiger charge is 2.27. The molecule has 2 aromatic rings. The average molecular weight is 587 g/mol. The van der Waals surface area contributed by atoms with E-state index in [1.807, 2.05) is 18.2 Å². The Morgan fingerprint density at radius 3 is 2.33 bits per heavy atom. The Labute approximate surface area is 242 Å². The summed E-state index contributed by atoms with van der Waals surface area (Å²) < 4.78 is 23.8. The number of nitrogens with zero attached hydrogens (tertiary/aromatic N) is 3. The van der Waals surface area contributed by atoms with Crippen molar-refractivity contribution < 1.29 is 14.0 Å². The first-order valence-corrected chi connectivity index (χ1v) is 16.9. The fourth-order valence-electron chi connectivity index (χ4n) is 5.61. The molecule has 3 aliphatic heterocycles. The van der Waals surface area contributed by atoms with Crippen molar-refractivity contribution in [2.24, 2.45) is 4.99 Å². The lowest BCUT2D eigenvalue weighted by atomic mass is 10.0. The number of likely N-dealkylation sites (tertiary alicyclic amines) is 1. The number of hydrogen-bond acceptors (Lipinski definition) is 9. The zero-order valence-corrected chi connectivity index (χ0v) is 25.4. The molecule has 3 N–H and O–H groups in total. The molecule has 3 heterocycles. The third-order valence-electron chi connectivity index (χ3n) is 7.89. The second kappa shape index (κ2) is 12.3. The highest BCUT2D eigenvalue weighted by Crippen LogP contribution is 2.38. The first kappa shape index (κ1) is 28.7. The molecule has 1 atom stereocenters. The monoisotopic (exact) mass is 586 g/mol. The first-order valence-electron chi connectivity index (χ1n) is 13.9. The van der Waals surface area contributed by atoms with E-state index in [0.29, 0.717) is 22.3 Å². The SMILES string of the molecule is COc1cc(P(C)(C)=O)ccc1NC1=C(Cl)C=NC(Nc2ccc(N3CCC(N4CCCC4)CC3)cc2OC)N1. The van der Waals surface area contributed by atoms with Crippen molar-refractivity contribution in [1.29, 1.82) is 0 Å². The second-order valence-electron chi connectivity index (χ2n) is 10.9. The molecule has 0 saturated carbocycles. The molecule has 0 spiro atoms. The topological polar surface area (TPSA) is 90.5 Å². The summed E-state index contributed by atoms with van der Waals surface area (Å²) in [7, 11) is 0.853. The van der Waals surface area contributed by atoms with Gasteiger partial charge in [-0.05, 0) is 82.4 Å². The molecule has 0 bridgehead atoms. The zero-order valence-electron chi connectivity index (χ0n) is 23.7. The smallest absolute Gasteiger partial charge is 0.195 e. The Kier molecular flexibility index (Phi) is 8.83. The fourth-order valence-corrected chi connectivity index (χ4v) is 6.63.